The van der Waals surface area contributed by atoms with Gasteiger partial charge in [-0.2, -0.15) is 0 Å². The summed E-state index contributed by atoms with van der Waals surface area (Å²) in [5.41, 5.74) is 0. The molecule has 104 valence electrons. The average molecular weight is 258 g/mol. The summed E-state index contributed by atoms with van der Waals surface area (Å²) >= 11 is 0. The highest BCUT2D eigenvalue weighted by Gasteiger charge is 2.12. The third-order valence-corrected chi connectivity index (χ3v) is 2.46. The van der Waals surface area contributed by atoms with E-state index in [1.807, 2.05) is 6.92 Å². The maximum absolute atomic E-state index is 11.7. The average Bonchev–Trinajstić information content (AvgIpc) is 2.33. The molecule has 0 saturated carbocycles. The largest absolute Gasteiger partial charge is 0.481 e. The number of hydrogen-bond acceptors (Lipinski definition) is 3. The Balaban J connectivity index is 3.97. The fraction of sp³-hybridized carbons (Fsp3) is 0.667. The summed E-state index contributed by atoms with van der Waals surface area (Å²) in [5.74, 6) is -0.730. The van der Waals surface area contributed by atoms with Crippen LogP contribution in [0.5, 0.6) is 0 Å². The van der Waals surface area contributed by atoms with Gasteiger partial charge in [-0.05, 0) is 12.3 Å². The summed E-state index contributed by atoms with van der Waals surface area (Å²) < 4.78 is 0. The smallest absolute Gasteiger partial charge is 0.317 e. The van der Waals surface area contributed by atoms with Crippen molar-refractivity contribution in [1.82, 2.24) is 10.2 Å². The number of aliphatic carboxylic acids is 1. The Morgan fingerprint density at radius 3 is 2.67 bits per heavy atom. The van der Waals surface area contributed by atoms with Crippen molar-refractivity contribution >= 4 is 12.0 Å². The summed E-state index contributed by atoms with van der Waals surface area (Å²) in [6, 6.07) is -0.272. The van der Waals surface area contributed by atoms with Crippen LogP contribution in [0.15, 0.2) is 12.7 Å². The zero-order chi connectivity index (χ0) is 14.0. The highest BCUT2D eigenvalue weighted by Crippen LogP contribution is 2.04. The van der Waals surface area contributed by atoms with Crippen molar-refractivity contribution in [2.24, 2.45) is 5.92 Å². The van der Waals surface area contributed by atoms with Crippen LogP contribution in [0.25, 0.3) is 0 Å². The maximum atomic E-state index is 11.7. The molecule has 0 saturated heterocycles. The molecule has 0 aliphatic heterocycles. The van der Waals surface area contributed by atoms with Gasteiger partial charge in [0.2, 0.25) is 0 Å². The Morgan fingerprint density at radius 2 is 2.17 bits per heavy atom. The monoisotopic (exact) mass is 258 g/mol. The number of amides is 2. The number of hydrogen-bond donors (Lipinski definition) is 3. The van der Waals surface area contributed by atoms with E-state index >= 15 is 0 Å². The molecule has 0 aromatic carbocycles. The molecule has 1 atom stereocenters. The van der Waals surface area contributed by atoms with E-state index in [9.17, 15) is 9.59 Å². The lowest BCUT2D eigenvalue weighted by Crippen LogP contribution is -2.43. The summed E-state index contributed by atoms with van der Waals surface area (Å²) in [7, 11) is 0. The van der Waals surface area contributed by atoms with Gasteiger partial charge in [0.05, 0.1) is 6.61 Å². The molecule has 0 aliphatic carbocycles. The van der Waals surface area contributed by atoms with E-state index in [-0.39, 0.29) is 31.5 Å². The zero-order valence-corrected chi connectivity index (χ0v) is 10.8. The molecular weight excluding hydrogens is 236 g/mol. The number of rotatable bonds is 9. The van der Waals surface area contributed by atoms with Crippen LogP contribution in [0, 0.1) is 5.92 Å². The first-order valence-corrected chi connectivity index (χ1v) is 5.97. The van der Waals surface area contributed by atoms with Crippen LogP contribution in [0.2, 0.25) is 0 Å². The number of nitrogens with one attached hydrogen (secondary N) is 1. The number of aliphatic hydroxyl groups is 1. The Kier molecular flexibility index (Phi) is 8.65. The lowest BCUT2D eigenvalue weighted by molar-refractivity contribution is -0.137. The number of urea groups is 1. The minimum Gasteiger partial charge on any atom is -0.481 e. The van der Waals surface area contributed by atoms with E-state index in [1.54, 1.807) is 6.08 Å². The predicted molar refractivity (Wildman–Crippen MR) is 68.3 cm³/mol. The topological polar surface area (TPSA) is 89.9 Å². The fourth-order valence-electron chi connectivity index (χ4n) is 1.40. The predicted octanol–water partition coefficient (Wildman–Crippen LogP) is 0.677. The van der Waals surface area contributed by atoms with Gasteiger partial charge in [0, 0.05) is 26.1 Å². The molecule has 18 heavy (non-hydrogen) atoms. The summed E-state index contributed by atoms with van der Waals surface area (Å²) in [6.07, 6.45) is 2.21. The van der Waals surface area contributed by atoms with E-state index in [0.717, 1.165) is 0 Å². The van der Waals surface area contributed by atoms with Crippen molar-refractivity contribution in [2.45, 2.75) is 19.8 Å². The molecule has 0 bridgehead atoms. The third-order valence-electron chi connectivity index (χ3n) is 2.46. The first-order valence-electron chi connectivity index (χ1n) is 5.97. The molecule has 3 N–H and O–H groups in total. The second-order valence-electron chi connectivity index (χ2n) is 4.18. The minimum absolute atomic E-state index is 0.101. The lowest BCUT2D eigenvalue weighted by atomic mass is 10.1. The highest BCUT2D eigenvalue weighted by atomic mass is 16.4. The van der Waals surface area contributed by atoms with Crippen molar-refractivity contribution in [1.29, 1.82) is 0 Å². The quantitative estimate of drug-likeness (QED) is 0.530. The molecule has 1 unspecified atom stereocenters. The van der Waals surface area contributed by atoms with Gasteiger partial charge >= 0.3 is 12.0 Å². The van der Waals surface area contributed by atoms with E-state index in [1.165, 1.54) is 4.90 Å². The van der Waals surface area contributed by atoms with Gasteiger partial charge in [-0.25, -0.2) is 4.79 Å². The van der Waals surface area contributed by atoms with Gasteiger partial charge in [-0.3, -0.25) is 4.79 Å². The number of carbonyl (C=O) groups excluding carboxylic acids is 1. The minimum atomic E-state index is -0.832. The van der Waals surface area contributed by atoms with E-state index in [4.69, 9.17) is 10.2 Å². The standard InChI is InChI=1S/C12H22N2O4/c1-3-6-14(7-8-15)12(18)13-9-10(2)4-5-11(16)17/h3,10,15H,1,4-9H2,2H3,(H,13,18)(H,16,17). The normalized spacial score (nSPS) is 11.7. The number of carboxylic acids is 1. The molecule has 0 heterocycles. The number of nitrogens with zero attached hydrogens (tertiary/aromatic N) is 1. The van der Waals surface area contributed by atoms with Crippen molar-refractivity contribution in [3.63, 3.8) is 0 Å². The Labute approximate surface area is 107 Å². The molecule has 0 fully saturated rings. The number of carbonyl (C=O) groups is 2. The van der Waals surface area contributed by atoms with Crippen LogP contribution in [0.1, 0.15) is 19.8 Å². The SMILES string of the molecule is C=CCN(CCO)C(=O)NCC(C)CCC(=O)O. The van der Waals surface area contributed by atoms with E-state index < -0.39 is 5.97 Å². The van der Waals surface area contributed by atoms with Crippen molar-refractivity contribution in [2.75, 3.05) is 26.2 Å². The van der Waals surface area contributed by atoms with Crippen LogP contribution in [0.4, 0.5) is 4.79 Å². The Bertz CT molecular complexity index is 281. The summed E-state index contributed by atoms with van der Waals surface area (Å²) in [6.45, 7) is 6.37. The highest BCUT2D eigenvalue weighted by molar-refractivity contribution is 5.74. The summed E-state index contributed by atoms with van der Waals surface area (Å²) in [4.78, 5) is 23.5. The molecule has 6 heteroatoms. The second kappa shape index (κ2) is 9.47. The first-order chi connectivity index (χ1) is 8.51. The Hall–Kier alpha value is -1.56. The van der Waals surface area contributed by atoms with Crippen molar-refractivity contribution in [3.05, 3.63) is 12.7 Å². The zero-order valence-electron chi connectivity index (χ0n) is 10.8. The van der Waals surface area contributed by atoms with E-state index in [2.05, 4.69) is 11.9 Å². The number of aliphatic hydroxyl groups excluding tert-OH is 1. The van der Waals surface area contributed by atoms with E-state index in [0.29, 0.717) is 19.5 Å². The lowest BCUT2D eigenvalue weighted by Gasteiger charge is -2.21. The van der Waals surface area contributed by atoms with Crippen LogP contribution >= 0.6 is 0 Å². The molecule has 0 aromatic heterocycles. The number of carboxylic acid groups (broad SMARTS) is 1. The van der Waals surface area contributed by atoms with Gasteiger partial charge in [0.25, 0.3) is 0 Å². The molecule has 0 rings (SSSR count). The molecule has 6 nitrogen and oxygen atoms in total. The summed E-state index contributed by atoms with van der Waals surface area (Å²) in [5, 5.41) is 20.1. The van der Waals surface area contributed by atoms with Crippen LogP contribution in [-0.2, 0) is 4.79 Å². The van der Waals surface area contributed by atoms with Crippen molar-refractivity contribution < 1.29 is 19.8 Å². The maximum Gasteiger partial charge on any atom is 0.317 e. The molecule has 0 aliphatic rings. The second-order valence-corrected chi connectivity index (χ2v) is 4.18. The molecular formula is C12H22N2O4. The van der Waals surface area contributed by atoms with Crippen LogP contribution in [0.3, 0.4) is 0 Å². The van der Waals surface area contributed by atoms with Gasteiger partial charge < -0.3 is 20.4 Å². The molecule has 0 radical (unpaired) electrons. The Morgan fingerprint density at radius 1 is 1.50 bits per heavy atom. The first kappa shape index (κ1) is 16.4. The molecule has 0 aromatic rings. The van der Waals surface area contributed by atoms with Gasteiger partial charge in [0.1, 0.15) is 0 Å². The van der Waals surface area contributed by atoms with Gasteiger partial charge in [-0.15, -0.1) is 6.58 Å². The van der Waals surface area contributed by atoms with Crippen LogP contribution in [-0.4, -0.2) is 53.4 Å². The van der Waals surface area contributed by atoms with Gasteiger partial charge in [-0.1, -0.05) is 13.0 Å². The van der Waals surface area contributed by atoms with Gasteiger partial charge in [0.15, 0.2) is 0 Å². The fourth-order valence-corrected chi connectivity index (χ4v) is 1.40. The third kappa shape index (κ3) is 7.67. The van der Waals surface area contributed by atoms with Crippen LogP contribution < -0.4 is 5.32 Å². The molecule has 2 amide bonds. The van der Waals surface area contributed by atoms with Crippen molar-refractivity contribution in [3.8, 4) is 0 Å². The molecule has 0 spiro atoms.